The number of fused-ring (bicyclic) bond motifs is 1. The van der Waals surface area contributed by atoms with E-state index in [9.17, 15) is 14.7 Å². The van der Waals surface area contributed by atoms with Crippen molar-refractivity contribution in [2.45, 2.75) is 13.3 Å². The van der Waals surface area contributed by atoms with Gasteiger partial charge in [0, 0.05) is 19.3 Å². The maximum absolute atomic E-state index is 13.2. The molecule has 0 atom stereocenters. The number of hydrogen-bond acceptors (Lipinski definition) is 7. The third-order valence-corrected chi connectivity index (χ3v) is 6.48. The standard InChI is InChI=1S/C23H22N4O3S2/c1-15-6-5-11-26-20(15)25-19(24-10-13-28)17(21(26)29)14-18-22(30)27(23(31)32-18)12-9-16-7-3-2-4-8-16/h2-8,11,14,24,28H,9-10,12-13H2,1H3/b18-14-. The van der Waals surface area contributed by atoms with Crippen molar-refractivity contribution in [3.63, 3.8) is 0 Å². The van der Waals surface area contributed by atoms with Gasteiger partial charge in [0.1, 0.15) is 15.8 Å². The number of nitrogens with zero attached hydrogens (tertiary/aromatic N) is 3. The minimum absolute atomic E-state index is 0.115. The van der Waals surface area contributed by atoms with Crippen molar-refractivity contribution >= 4 is 51.7 Å². The van der Waals surface area contributed by atoms with E-state index in [1.54, 1.807) is 23.2 Å². The number of hydrogen-bond donors (Lipinski definition) is 2. The summed E-state index contributed by atoms with van der Waals surface area (Å²) in [5.74, 6) is 0.102. The van der Waals surface area contributed by atoms with E-state index >= 15 is 0 Å². The van der Waals surface area contributed by atoms with Gasteiger partial charge in [-0.2, -0.15) is 0 Å². The Balaban J connectivity index is 1.68. The molecule has 0 aliphatic carbocycles. The van der Waals surface area contributed by atoms with Crippen molar-refractivity contribution in [3.05, 3.63) is 80.6 Å². The molecule has 0 saturated carbocycles. The van der Waals surface area contributed by atoms with Gasteiger partial charge in [0.2, 0.25) is 0 Å². The summed E-state index contributed by atoms with van der Waals surface area (Å²) < 4.78 is 1.92. The molecule has 9 heteroatoms. The number of nitrogens with one attached hydrogen (secondary N) is 1. The summed E-state index contributed by atoms with van der Waals surface area (Å²) in [5.41, 5.74) is 2.44. The van der Waals surface area contributed by atoms with Gasteiger partial charge in [-0.3, -0.25) is 18.9 Å². The lowest BCUT2D eigenvalue weighted by molar-refractivity contribution is -0.122. The van der Waals surface area contributed by atoms with E-state index in [4.69, 9.17) is 12.2 Å². The predicted octanol–water partition coefficient (Wildman–Crippen LogP) is 2.85. The monoisotopic (exact) mass is 466 g/mol. The molecular weight excluding hydrogens is 444 g/mol. The quantitative estimate of drug-likeness (QED) is 0.409. The van der Waals surface area contributed by atoms with Crippen LogP contribution in [-0.2, 0) is 11.2 Å². The van der Waals surface area contributed by atoms with E-state index in [0.29, 0.717) is 33.7 Å². The maximum atomic E-state index is 13.2. The highest BCUT2D eigenvalue weighted by atomic mass is 32.2. The van der Waals surface area contributed by atoms with Gasteiger partial charge < -0.3 is 10.4 Å². The van der Waals surface area contributed by atoms with Crippen LogP contribution in [0, 0.1) is 6.92 Å². The van der Waals surface area contributed by atoms with Crippen molar-refractivity contribution < 1.29 is 9.90 Å². The van der Waals surface area contributed by atoms with Gasteiger partial charge >= 0.3 is 0 Å². The molecule has 0 unspecified atom stereocenters. The van der Waals surface area contributed by atoms with Gasteiger partial charge in [-0.25, -0.2) is 4.98 Å². The fourth-order valence-corrected chi connectivity index (χ4v) is 4.75. The molecule has 4 rings (SSSR count). The molecule has 0 radical (unpaired) electrons. The number of thioether (sulfide) groups is 1. The second-order valence-corrected chi connectivity index (χ2v) is 8.96. The highest BCUT2D eigenvalue weighted by molar-refractivity contribution is 8.26. The van der Waals surface area contributed by atoms with Crippen LogP contribution in [0.3, 0.4) is 0 Å². The Kier molecular flexibility index (Phi) is 6.69. The molecule has 1 saturated heterocycles. The van der Waals surface area contributed by atoms with Crippen LogP contribution in [0.15, 0.2) is 58.4 Å². The Hall–Kier alpha value is -3.01. The van der Waals surface area contributed by atoms with E-state index in [-0.39, 0.29) is 30.2 Å². The van der Waals surface area contributed by atoms with E-state index in [2.05, 4.69) is 10.3 Å². The summed E-state index contributed by atoms with van der Waals surface area (Å²) in [4.78, 5) is 32.8. The summed E-state index contributed by atoms with van der Waals surface area (Å²) >= 11 is 6.61. The largest absolute Gasteiger partial charge is 0.395 e. The topological polar surface area (TPSA) is 86.9 Å². The number of amides is 1. The van der Waals surface area contributed by atoms with Gasteiger partial charge in [0.25, 0.3) is 11.5 Å². The Morgan fingerprint density at radius 2 is 1.97 bits per heavy atom. The van der Waals surface area contributed by atoms with E-state index in [0.717, 1.165) is 11.1 Å². The summed E-state index contributed by atoms with van der Waals surface area (Å²) in [5, 5.41) is 12.2. The zero-order valence-corrected chi connectivity index (χ0v) is 19.1. The number of aliphatic hydroxyl groups is 1. The summed E-state index contributed by atoms with van der Waals surface area (Å²) in [6.07, 6.45) is 3.88. The molecule has 7 nitrogen and oxygen atoms in total. The number of aryl methyl sites for hydroxylation is 1. The summed E-state index contributed by atoms with van der Waals surface area (Å²) in [6, 6.07) is 13.5. The molecule has 3 heterocycles. The molecule has 0 spiro atoms. The first-order chi connectivity index (χ1) is 15.5. The van der Waals surface area contributed by atoms with Gasteiger partial charge in [-0.1, -0.05) is 60.4 Å². The van der Waals surface area contributed by atoms with Gasteiger partial charge in [-0.15, -0.1) is 0 Å². The molecule has 1 fully saturated rings. The molecule has 3 aromatic rings. The number of aromatic nitrogens is 2. The average molecular weight is 467 g/mol. The molecule has 1 aliphatic heterocycles. The van der Waals surface area contributed by atoms with Crippen LogP contribution < -0.4 is 10.9 Å². The number of carbonyl (C=O) groups excluding carboxylic acids is 1. The van der Waals surface area contributed by atoms with Crippen LogP contribution in [0.5, 0.6) is 0 Å². The highest BCUT2D eigenvalue weighted by Crippen LogP contribution is 2.33. The Bertz CT molecular complexity index is 1270. The minimum atomic E-state index is -0.298. The van der Waals surface area contributed by atoms with Crippen molar-refractivity contribution in [2.24, 2.45) is 0 Å². The van der Waals surface area contributed by atoms with Crippen molar-refractivity contribution in [1.29, 1.82) is 0 Å². The van der Waals surface area contributed by atoms with Crippen LogP contribution in [0.25, 0.3) is 11.7 Å². The zero-order chi connectivity index (χ0) is 22.7. The Morgan fingerprint density at radius 1 is 1.19 bits per heavy atom. The molecule has 2 aromatic heterocycles. The normalized spacial score (nSPS) is 15.2. The first-order valence-electron chi connectivity index (χ1n) is 10.2. The average Bonchev–Trinajstić information content (AvgIpc) is 3.06. The third-order valence-electron chi connectivity index (χ3n) is 5.10. The number of pyridine rings is 1. The van der Waals surface area contributed by atoms with Crippen LogP contribution in [-0.4, -0.2) is 49.3 Å². The number of aliphatic hydroxyl groups excluding tert-OH is 1. The molecule has 1 aliphatic rings. The second-order valence-electron chi connectivity index (χ2n) is 7.28. The van der Waals surface area contributed by atoms with E-state index in [1.165, 1.54) is 16.2 Å². The fourth-order valence-electron chi connectivity index (χ4n) is 3.46. The molecular formula is C23H22N4O3S2. The molecule has 1 amide bonds. The number of thiocarbonyl (C=S) groups is 1. The molecule has 164 valence electrons. The van der Waals surface area contributed by atoms with E-state index < -0.39 is 0 Å². The lowest BCUT2D eigenvalue weighted by atomic mass is 10.1. The SMILES string of the molecule is Cc1cccn2c(=O)c(/C=C3\SC(=S)N(CCc4ccccc4)C3=O)c(NCCO)nc12. The lowest BCUT2D eigenvalue weighted by Crippen LogP contribution is -2.30. The van der Waals surface area contributed by atoms with Gasteiger partial charge in [0.15, 0.2) is 0 Å². The van der Waals surface area contributed by atoms with Crippen LogP contribution in [0.4, 0.5) is 5.82 Å². The minimum Gasteiger partial charge on any atom is -0.395 e. The number of rotatable bonds is 7. The second kappa shape index (κ2) is 9.64. The van der Waals surface area contributed by atoms with Crippen molar-refractivity contribution in [3.8, 4) is 0 Å². The van der Waals surface area contributed by atoms with Crippen LogP contribution in [0.1, 0.15) is 16.7 Å². The zero-order valence-electron chi connectivity index (χ0n) is 17.4. The number of carbonyl (C=O) groups is 1. The lowest BCUT2D eigenvalue weighted by Gasteiger charge is -2.14. The Labute approximate surface area is 194 Å². The highest BCUT2D eigenvalue weighted by Gasteiger charge is 2.32. The first-order valence-corrected chi connectivity index (χ1v) is 11.4. The summed E-state index contributed by atoms with van der Waals surface area (Å²) in [7, 11) is 0. The predicted molar refractivity (Wildman–Crippen MR) is 132 cm³/mol. The van der Waals surface area contributed by atoms with Gasteiger partial charge in [0.05, 0.1) is 17.1 Å². The Morgan fingerprint density at radius 3 is 2.72 bits per heavy atom. The number of anilines is 1. The van der Waals surface area contributed by atoms with E-state index in [1.807, 2.05) is 43.3 Å². The molecule has 0 bridgehead atoms. The van der Waals surface area contributed by atoms with Crippen LogP contribution >= 0.6 is 24.0 Å². The first kappa shape index (κ1) is 22.2. The van der Waals surface area contributed by atoms with Gasteiger partial charge in [-0.05, 0) is 36.6 Å². The third kappa shape index (κ3) is 4.45. The van der Waals surface area contributed by atoms with Crippen molar-refractivity contribution in [1.82, 2.24) is 14.3 Å². The van der Waals surface area contributed by atoms with Crippen LogP contribution in [0.2, 0.25) is 0 Å². The maximum Gasteiger partial charge on any atom is 0.267 e. The molecule has 32 heavy (non-hydrogen) atoms. The molecule has 2 N–H and O–H groups in total. The smallest absolute Gasteiger partial charge is 0.267 e. The summed E-state index contributed by atoms with van der Waals surface area (Å²) in [6.45, 7) is 2.45. The number of benzene rings is 1. The van der Waals surface area contributed by atoms with Crippen molar-refractivity contribution in [2.75, 3.05) is 25.0 Å². The molecule has 1 aromatic carbocycles. The fraction of sp³-hybridized carbons (Fsp3) is 0.217.